The minimum absolute atomic E-state index is 0.467. The van der Waals surface area contributed by atoms with Crippen molar-refractivity contribution >= 4 is 19.3 Å². The van der Waals surface area contributed by atoms with Crippen molar-refractivity contribution in [2.45, 2.75) is 38.4 Å². The summed E-state index contributed by atoms with van der Waals surface area (Å²) in [6, 6.07) is 15.6. The number of nitrogens with zero attached hydrogens (tertiary/aromatic N) is 1. The fourth-order valence-electron chi connectivity index (χ4n) is 4.96. The normalized spacial score (nSPS) is 18.8. The second-order valence-electron chi connectivity index (χ2n) is 8.60. The van der Waals surface area contributed by atoms with Crippen LogP contribution in [0.5, 0.6) is 5.75 Å². The molecular weight excluding hydrogens is 358 g/mol. The fourth-order valence-corrected chi connectivity index (χ4v) is 8.70. The molecule has 1 aliphatic heterocycles. The molecule has 28 heavy (non-hydrogen) atoms. The summed E-state index contributed by atoms with van der Waals surface area (Å²) in [5.74, 6) is 1.07. The Balaban J connectivity index is 1.82. The van der Waals surface area contributed by atoms with Crippen LogP contribution in [-0.2, 0) is 0 Å². The molecule has 1 aliphatic carbocycles. The molecule has 2 aromatic rings. The molecule has 4 rings (SSSR count). The highest BCUT2D eigenvalue weighted by molar-refractivity contribution is 6.92. The molecule has 2 aromatic carbocycles. The van der Waals surface area contributed by atoms with Crippen molar-refractivity contribution in [2.75, 3.05) is 19.7 Å². The van der Waals surface area contributed by atoms with E-state index < -0.39 is 8.07 Å². The monoisotopic (exact) mass is 389 g/mol. The van der Waals surface area contributed by atoms with Crippen molar-refractivity contribution in [3.63, 3.8) is 0 Å². The summed E-state index contributed by atoms with van der Waals surface area (Å²) >= 11 is 0. The van der Waals surface area contributed by atoms with Crippen molar-refractivity contribution in [3.05, 3.63) is 77.5 Å². The molecule has 1 atom stereocenters. The smallest absolute Gasteiger partial charge is 0.121 e. The predicted molar refractivity (Wildman–Crippen MR) is 122 cm³/mol. The van der Waals surface area contributed by atoms with E-state index in [1.54, 1.807) is 0 Å². The van der Waals surface area contributed by atoms with Gasteiger partial charge in [-0.15, -0.1) is 0 Å². The number of aryl methyl sites for hydroxylation is 1. The first kappa shape index (κ1) is 19.1. The Hall–Kier alpha value is -2.26. The molecule has 0 aromatic heterocycles. The summed E-state index contributed by atoms with van der Waals surface area (Å²) in [5, 5.41) is 1.42. The number of fused-ring (bicyclic) bond motifs is 1. The van der Waals surface area contributed by atoms with Crippen LogP contribution in [0.3, 0.4) is 0 Å². The molecule has 0 N–H and O–H groups in total. The largest absolute Gasteiger partial charge is 0.489 e. The Labute approximate surface area is 170 Å². The molecule has 1 fully saturated rings. The molecule has 0 spiro atoms. The average molecular weight is 390 g/mol. The minimum Gasteiger partial charge on any atom is -0.489 e. The minimum atomic E-state index is -1.92. The first-order chi connectivity index (χ1) is 13.5. The van der Waals surface area contributed by atoms with Crippen molar-refractivity contribution in [3.8, 4) is 5.75 Å². The quantitative estimate of drug-likeness (QED) is 0.494. The lowest BCUT2D eigenvalue weighted by Gasteiger charge is -2.37. The lowest BCUT2D eigenvalue weighted by molar-refractivity contribution is 0.363. The van der Waals surface area contributed by atoms with Gasteiger partial charge in [0.2, 0.25) is 0 Å². The molecule has 1 heterocycles. The van der Waals surface area contributed by atoms with Crippen LogP contribution in [0.25, 0.3) is 6.08 Å². The first-order valence-corrected chi connectivity index (χ1v) is 13.5. The average Bonchev–Trinajstić information content (AvgIpc) is 3.34. The van der Waals surface area contributed by atoms with Crippen LogP contribution in [0.4, 0.5) is 0 Å². The van der Waals surface area contributed by atoms with Gasteiger partial charge in [0.15, 0.2) is 0 Å². The maximum Gasteiger partial charge on any atom is 0.121 e. The van der Waals surface area contributed by atoms with E-state index in [0.717, 1.165) is 5.75 Å². The summed E-state index contributed by atoms with van der Waals surface area (Å²) in [4.78, 5) is 2.64. The van der Waals surface area contributed by atoms with Crippen LogP contribution in [0.2, 0.25) is 13.1 Å². The van der Waals surface area contributed by atoms with Crippen LogP contribution in [-0.4, -0.2) is 32.7 Å². The summed E-state index contributed by atoms with van der Waals surface area (Å²) < 4.78 is 6.20. The molecule has 146 valence electrons. The van der Waals surface area contributed by atoms with E-state index in [-0.39, 0.29) is 0 Å². The summed E-state index contributed by atoms with van der Waals surface area (Å²) in [7, 11) is -1.92. The Morgan fingerprint density at radius 2 is 1.86 bits per heavy atom. The van der Waals surface area contributed by atoms with Crippen LogP contribution < -0.4 is 9.92 Å². The Bertz CT molecular complexity index is 909. The van der Waals surface area contributed by atoms with Crippen LogP contribution in [0.1, 0.15) is 35.1 Å². The Kier molecular flexibility index (Phi) is 5.20. The van der Waals surface area contributed by atoms with Crippen LogP contribution >= 0.6 is 0 Å². The third-order valence-electron chi connectivity index (χ3n) is 6.35. The van der Waals surface area contributed by atoms with Crippen LogP contribution in [0.15, 0.2) is 60.8 Å². The zero-order valence-corrected chi connectivity index (χ0v) is 18.4. The van der Waals surface area contributed by atoms with Crippen molar-refractivity contribution in [1.82, 2.24) is 4.90 Å². The van der Waals surface area contributed by atoms with E-state index >= 15 is 0 Å². The van der Waals surface area contributed by atoms with Gasteiger partial charge in [-0.1, -0.05) is 68.2 Å². The van der Waals surface area contributed by atoms with E-state index in [9.17, 15) is 0 Å². The SMILES string of the molecule is C=CCOc1c(C)cccc1[Si](C)(C)C1C(N2CCCC2)=Cc2ccccc21. The second kappa shape index (κ2) is 7.63. The zero-order chi connectivity index (χ0) is 19.7. The van der Waals surface area contributed by atoms with E-state index in [1.807, 2.05) is 6.08 Å². The van der Waals surface area contributed by atoms with Crippen LogP contribution in [0, 0.1) is 6.92 Å². The van der Waals surface area contributed by atoms with Gasteiger partial charge in [-0.2, -0.15) is 0 Å². The highest BCUT2D eigenvalue weighted by atomic mass is 28.3. The Morgan fingerprint density at radius 1 is 1.11 bits per heavy atom. The van der Waals surface area contributed by atoms with Gasteiger partial charge < -0.3 is 9.64 Å². The molecule has 3 heteroatoms. The molecule has 0 amide bonds. The molecule has 2 aliphatic rings. The zero-order valence-electron chi connectivity index (χ0n) is 17.4. The Morgan fingerprint density at radius 3 is 2.61 bits per heavy atom. The number of allylic oxidation sites excluding steroid dienone is 1. The molecule has 1 saturated heterocycles. The molecule has 0 bridgehead atoms. The van der Waals surface area contributed by atoms with E-state index in [2.05, 4.69) is 80.0 Å². The number of likely N-dealkylation sites (tertiary alicyclic amines) is 1. The van der Waals surface area contributed by atoms with Gasteiger partial charge in [0, 0.05) is 24.3 Å². The molecule has 0 radical (unpaired) electrons. The predicted octanol–water partition coefficient (Wildman–Crippen LogP) is 5.25. The number of ether oxygens (including phenoxy) is 1. The highest BCUT2D eigenvalue weighted by Gasteiger charge is 2.44. The van der Waals surface area contributed by atoms with Gasteiger partial charge in [-0.05, 0) is 47.7 Å². The van der Waals surface area contributed by atoms with Gasteiger partial charge in [0.05, 0.1) is 8.07 Å². The summed E-state index contributed by atoms with van der Waals surface area (Å²) in [6.45, 7) is 14.0. The first-order valence-electron chi connectivity index (χ1n) is 10.4. The van der Waals surface area contributed by atoms with E-state index in [4.69, 9.17) is 4.74 Å². The molecule has 0 saturated carbocycles. The number of para-hydroxylation sites is 1. The second-order valence-corrected chi connectivity index (χ2v) is 13.2. The van der Waals surface area contributed by atoms with Crippen molar-refractivity contribution in [1.29, 1.82) is 0 Å². The maximum atomic E-state index is 6.20. The lowest BCUT2D eigenvalue weighted by atomic mass is 10.1. The number of benzene rings is 2. The standard InChI is InChI=1S/C25H31NOSi/c1-5-17-27-24-19(2)11-10-14-23(24)28(3,4)25-21-13-7-6-12-20(21)18-22(25)26-15-8-9-16-26/h5-7,10-14,18,25H,1,8-9,15-17H2,2-4H3. The number of hydrogen-bond donors (Lipinski definition) is 0. The molecule has 2 nitrogen and oxygen atoms in total. The summed E-state index contributed by atoms with van der Waals surface area (Å²) in [6.07, 6.45) is 6.91. The van der Waals surface area contributed by atoms with E-state index in [0.29, 0.717) is 12.1 Å². The fraction of sp³-hybridized carbons (Fsp3) is 0.360. The van der Waals surface area contributed by atoms with Gasteiger partial charge in [0.1, 0.15) is 12.4 Å². The van der Waals surface area contributed by atoms with Crippen molar-refractivity contribution in [2.24, 2.45) is 0 Å². The van der Waals surface area contributed by atoms with Gasteiger partial charge in [0.25, 0.3) is 0 Å². The maximum absolute atomic E-state index is 6.20. The van der Waals surface area contributed by atoms with Gasteiger partial charge in [-0.3, -0.25) is 0 Å². The summed E-state index contributed by atoms with van der Waals surface area (Å²) in [5.41, 5.74) is 6.12. The topological polar surface area (TPSA) is 12.5 Å². The lowest BCUT2D eigenvalue weighted by Crippen LogP contribution is -2.50. The van der Waals surface area contributed by atoms with Crippen molar-refractivity contribution < 1.29 is 4.74 Å². The van der Waals surface area contributed by atoms with E-state index in [1.165, 1.54) is 53.5 Å². The number of rotatable bonds is 6. The molecular formula is C25H31NOSi. The van der Waals surface area contributed by atoms with Gasteiger partial charge in [-0.25, -0.2) is 0 Å². The third kappa shape index (κ3) is 3.22. The van der Waals surface area contributed by atoms with Gasteiger partial charge >= 0.3 is 0 Å². The molecule has 1 unspecified atom stereocenters. The third-order valence-corrected chi connectivity index (χ3v) is 10.2. The number of hydrogen-bond acceptors (Lipinski definition) is 2. The highest BCUT2D eigenvalue weighted by Crippen LogP contribution is 2.45.